The standard InChI is InChI=1S/C21H19N3O2S4/c1-20(12-25-21(26-20)8-4-5-9-21)18-23-14(11-27-18)17-22-10-16(29-17)30-19-24-13-6-2-3-7-15(13)28-19/h2-3,6-7,10-11H,4-5,8-9,12H2,1H3/t20-/m0/s1. The fourth-order valence-corrected chi connectivity index (χ4v) is 8.22. The highest BCUT2D eigenvalue weighted by molar-refractivity contribution is 8.02. The Labute approximate surface area is 190 Å². The summed E-state index contributed by atoms with van der Waals surface area (Å²) < 4.78 is 15.9. The lowest BCUT2D eigenvalue weighted by Gasteiger charge is -2.25. The van der Waals surface area contributed by atoms with Crippen LogP contribution in [0.3, 0.4) is 0 Å². The van der Waals surface area contributed by atoms with Crippen molar-refractivity contribution >= 4 is 56.0 Å². The van der Waals surface area contributed by atoms with Gasteiger partial charge in [-0.05, 0) is 43.7 Å². The maximum absolute atomic E-state index is 6.44. The second kappa shape index (κ2) is 7.36. The number of rotatable bonds is 4. The number of ether oxygens (including phenoxy) is 2. The molecule has 0 unspecified atom stereocenters. The van der Waals surface area contributed by atoms with Gasteiger partial charge in [0.15, 0.2) is 10.1 Å². The summed E-state index contributed by atoms with van der Waals surface area (Å²) in [5.41, 5.74) is 1.49. The quantitative estimate of drug-likeness (QED) is 0.334. The van der Waals surface area contributed by atoms with Gasteiger partial charge in [-0.25, -0.2) is 15.0 Å². The minimum Gasteiger partial charge on any atom is -0.346 e. The molecule has 154 valence electrons. The van der Waals surface area contributed by atoms with Crippen molar-refractivity contribution in [2.24, 2.45) is 0 Å². The molecule has 30 heavy (non-hydrogen) atoms. The maximum atomic E-state index is 6.44. The number of nitrogens with zero attached hydrogens (tertiary/aromatic N) is 3. The highest BCUT2D eigenvalue weighted by atomic mass is 32.2. The Morgan fingerprint density at radius 2 is 1.97 bits per heavy atom. The lowest BCUT2D eigenvalue weighted by atomic mass is 10.1. The van der Waals surface area contributed by atoms with E-state index in [0.29, 0.717) is 6.61 Å². The fourth-order valence-electron chi connectivity index (χ4n) is 4.02. The lowest BCUT2D eigenvalue weighted by Crippen LogP contribution is -2.30. The number of thiazole rings is 3. The van der Waals surface area contributed by atoms with Gasteiger partial charge in [-0.1, -0.05) is 12.1 Å². The number of aromatic nitrogens is 3. The summed E-state index contributed by atoms with van der Waals surface area (Å²) in [6.07, 6.45) is 6.24. The van der Waals surface area contributed by atoms with E-state index in [4.69, 9.17) is 19.4 Å². The largest absolute Gasteiger partial charge is 0.346 e. The van der Waals surface area contributed by atoms with Crippen molar-refractivity contribution in [2.45, 2.75) is 52.5 Å². The van der Waals surface area contributed by atoms with E-state index in [1.807, 2.05) is 18.3 Å². The fraction of sp³-hybridized carbons (Fsp3) is 0.381. The predicted octanol–water partition coefficient (Wildman–Crippen LogP) is 6.56. The van der Waals surface area contributed by atoms with Crippen molar-refractivity contribution in [1.29, 1.82) is 0 Å². The minimum absolute atomic E-state index is 0.386. The van der Waals surface area contributed by atoms with Gasteiger partial charge in [0.1, 0.15) is 21.3 Å². The van der Waals surface area contributed by atoms with Gasteiger partial charge in [0.2, 0.25) is 0 Å². The molecule has 1 saturated carbocycles. The van der Waals surface area contributed by atoms with Crippen LogP contribution in [0.2, 0.25) is 0 Å². The van der Waals surface area contributed by atoms with Crippen LogP contribution in [-0.2, 0) is 15.1 Å². The molecule has 1 aliphatic carbocycles. The second-order valence-electron chi connectivity index (χ2n) is 7.81. The first-order chi connectivity index (χ1) is 14.6. The molecule has 4 heterocycles. The second-order valence-corrected chi connectivity index (χ2v) is 12.3. The molecular weight excluding hydrogens is 455 g/mol. The first-order valence-electron chi connectivity index (χ1n) is 9.91. The Hall–Kier alpha value is -1.36. The molecule has 1 aromatic carbocycles. The number of fused-ring (bicyclic) bond motifs is 1. The topological polar surface area (TPSA) is 57.1 Å². The molecule has 0 amide bonds. The Kier molecular flexibility index (Phi) is 4.74. The van der Waals surface area contributed by atoms with Crippen LogP contribution in [-0.4, -0.2) is 27.3 Å². The molecule has 2 fully saturated rings. The van der Waals surface area contributed by atoms with Crippen LogP contribution in [0.1, 0.15) is 37.6 Å². The zero-order valence-electron chi connectivity index (χ0n) is 16.3. The maximum Gasteiger partial charge on any atom is 0.169 e. The summed E-state index contributed by atoms with van der Waals surface area (Å²) in [5.74, 6) is -0.386. The van der Waals surface area contributed by atoms with Crippen LogP contribution in [0.5, 0.6) is 0 Å². The highest BCUT2D eigenvalue weighted by Gasteiger charge is 2.51. The van der Waals surface area contributed by atoms with E-state index >= 15 is 0 Å². The average molecular weight is 474 g/mol. The summed E-state index contributed by atoms with van der Waals surface area (Å²) in [5, 5.41) is 3.98. The van der Waals surface area contributed by atoms with Gasteiger partial charge in [0, 0.05) is 18.2 Å². The van der Waals surface area contributed by atoms with Crippen LogP contribution in [0.4, 0.5) is 0 Å². The lowest BCUT2D eigenvalue weighted by molar-refractivity contribution is -0.180. The molecule has 1 saturated heterocycles. The number of benzene rings is 1. The molecule has 1 atom stereocenters. The molecule has 9 heteroatoms. The van der Waals surface area contributed by atoms with E-state index in [9.17, 15) is 0 Å². The van der Waals surface area contributed by atoms with E-state index in [0.717, 1.165) is 42.6 Å². The van der Waals surface area contributed by atoms with Gasteiger partial charge >= 0.3 is 0 Å². The molecule has 5 nitrogen and oxygen atoms in total. The third-order valence-electron chi connectivity index (χ3n) is 5.51. The van der Waals surface area contributed by atoms with Crippen LogP contribution in [0.15, 0.2) is 44.4 Å². The van der Waals surface area contributed by atoms with Gasteiger partial charge in [-0.3, -0.25) is 0 Å². The van der Waals surface area contributed by atoms with Gasteiger partial charge in [0.05, 0.1) is 27.2 Å². The van der Waals surface area contributed by atoms with E-state index in [2.05, 4.69) is 29.4 Å². The molecule has 0 radical (unpaired) electrons. The summed E-state index contributed by atoms with van der Waals surface area (Å²) in [7, 11) is 0. The predicted molar refractivity (Wildman–Crippen MR) is 123 cm³/mol. The zero-order valence-corrected chi connectivity index (χ0v) is 19.6. The summed E-state index contributed by atoms with van der Waals surface area (Å²) in [4.78, 5) is 14.2. The van der Waals surface area contributed by atoms with E-state index < -0.39 is 5.60 Å². The SMILES string of the molecule is C[C@@]1(c2nc(-c3ncc(Sc4nc5ccccc5s4)s3)cs2)COC2(CCCC2)O1. The summed E-state index contributed by atoms with van der Waals surface area (Å²) in [6.45, 7) is 2.66. The molecular formula is C21H19N3O2S4. The van der Waals surface area contributed by atoms with Gasteiger partial charge < -0.3 is 9.47 Å². The van der Waals surface area contributed by atoms with E-state index in [-0.39, 0.29) is 5.79 Å². The average Bonchev–Trinajstić information content (AvgIpc) is 3.54. The Morgan fingerprint density at radius 1 is 1.10 bits per heavy atom. The van der Waals surface area contributed by atoms with Crippen molar-refractivity contribution in [1.82, 2.24) is 15.0 Å². The van der Waals surface area contributed by atoms with E-state index in [1.165, 1.54) is 17.5 Å². The Bertz CT molecular complexity index is 1180. The molecule has 4 aromatic rings. The van der Waals surface area contributed by atoms with Crippen molar-refractivity contribution < 1.29 is 9.47 Å². The van der Waals surface area contributed by atoms with Crippen molar-refractivity contribution in [3.05, 3.63) is 40.8 Å². The van der Waals surface area contributed by atoms with Crippen LogP contribution in [0, 0.1) is 0 Å². The summed E-state index contributed by atoms with van der Waals surface area (Å²) in [6, 6.07) is 8.23. The van der Waals surface area contributed by atoms with E-state index in [1.54, 1.807) is 45.8 Å². The Morgan fingerprint density at radius 3 is 2.83 bits per heavy atom. The molecule has 1 aliphatic heterocycles. The first kappa shape index (κ1) is 19.3. The van der Waals surface area contributed by atoms with Gasteiger partial charge in [-0.2, -0.15) is 0 Å². The molecule has 1 spiro atoms. The van der Waals surface area contributed by atoms with Crippen LogP contribution in [0.25, 0.3) is 20.9 Å². The molecule has 6 rings (SSSR count). The van der Waals surface area contributed by atoms with Gasteiger partial charge in [-0.15, -0.1) is 34.0 Å². The van der Waals surface area contributed by atoms with Gasteiger partial charge in [0.25, 0.3) is 0 Å². The molecule has 3 aromatic heterocycles. The Balaban J connectivity index is 1.21. The number of hydrogen-bond donors (Lipinski definition) is 0. The first-order valence-corrected chi connectivity index (χ1v) is 13.2. The smallest absolute Gasteiger partial charge is 0.169 e. The van der Waals surface area contributed by atoms with Crippen LogP contribution < -0.4 is 0 Å². The number of para-hydroxylation sites is 1. The van der Waals surface area contributed by atoms with Crippen molar-refractivity contribution in [2.75, 3.05) is 6.61 Å². The van der Waals surface area contributed by atoms with Crippen LogP contribution >= 0.6 is 45.8 Å². The molecule has 2 aliphatic rings. The molecule has 0 bridgehead atoms. The number of hydrogen-bond acceptors (Lipinski definition) is 9. The molecule has 0 N–H and O–H groups in total. The zero-order chi connectivity index (χ0) is 20.2. The highest BCUT2D eigenvalue weighted by Crippen LogP contribution is 2.48. The normalized spacial score (nSPS) is 23.1. The summed E-state index contributed by atoms with van der Waals surface area (Å²) >= 11 is 6.67. The van der Waals surface area contributed by atoms with Crippen molar-refractivity contribution in [3.8, 4) is 10.7 Å². The third-order valence-corrected chi connectivity index (χ3v) is 9.82. The van der Waals surface area contributed by atoms with Crippen molar-refractivity contribution in [3.63, 3.8) is 0 Å². The monoisotopic (exact) mass is 473 g/mol. The minimum atomic E-state index is -0.469. The third kappa shape index (κ3) is 3.41.